The first-order valence-corrected chi connectivity index (χ1v) is 24.1. The van der Waals surface area contributed by atoms with Gasteiger partial charge in [-0.1, -0.05) is 81.0 Å². The number of amides is 4. The Kier molecular flexibility index (Phi) is 13.7. The van der Waals surface area contributed by atoms with Gasteiger partial charge in [0.1, 0.15) is 0 Å². The second-order valence-electron chi connectivity index (χ2n) is 17.2. The van der Waals surface area contributed by atoms with E-state index in [0.717, 1.165) is 94.7 Å². The number of carbonyl (C=O) groups excluding carboxylic acids is 4. The van der Waals surface area contributed by atoms with Crippen LogP contribution < -0.4 is 14.8 Å². The topological polar surface area (TPSA) is 163 Å². The van der Waals surface area contributed by atoms with Gasteiger partial charge in [0.2, 0.25) is 11.8 Å². The summed E-state index contributed by atoms with van der Waals surface area (Å²) in [5.41, 5.74) is 2.97. The van der Waals surface area contributed by atoms with Crippen molar-refractivity contribution in [2.24, 2.45) is 0 Å². The second kappa shape index (κ2) is 18.9. The third kappa shape index (κ3) is 9.41. The number of fused-ring (bicyclic) bond motifs is 1. The molecule has 3 aromatic carbocycles. The molecule has 4 amide bonds. The van der Waals surface area contributed by atoms with Crippen LogP contribution in [0.25, 0.3) is 0 Å². The number of rotatable bonds is 19. The average molecular weight is 853 g/mol. The van der Waals surface area contributed by atoms with Gasteiger partial charge in [0.05, 0.1) is 47.4 Å². The van der Waals surface area contributed by atoms with Gasteiger partial charge < -0.3 is 19.7 Å². The highest BCUT2D eigenvalue weighted by atomic mass is 32.2. The van der Waals surface area contributed by atoms with Crippen molar-refractivity contribution < 1.29 is 37.1 Å². The lowest BCUT2D eigenvalue weighted by Gasteiger charge is -2.32. The van der Waals surface area contributed by atoms with Gasteiger partial charge in [0.25, 0.3) is 11.8 Å². The molecule has 3 aromatic rings. The Labute approximate surface area is 360 Å². The zero-order chi connectivity index (χ0) is 43.3. The zero-order valence-corrected chi connectivity index (χ0v) is 36.6. The lowest BCUT2D eigenvalue weighted by atomic mass is 9.86. The van der Waals surface area contributed by atoms with Crippen molar-refractivity contribution in [2.75, 3.05) is 33.1 Å². The largest absolute Gasteiger partial charge is 0.493 e. The highest BCUT2D eigenvalue weighted by Crippen LogP contribution is 2.58. The third-order valence-electron chi connectivity index (χ3n) is 13.3. The number of piperidine rings is 2. The molecule has 3 aliphatic heterocycles. The van der Waals surface area contributed by atoms with Crippen molar-refractivity contribution in [2.45, 2.75) is 126 Å². The molecule has 3 heterocycles. The van der Waals surface area contributed by atoms with E-state index in [-0.39, 0.29) is 24.2 Å². The second-order valence-corrected chi connectivity index (χ2v) is 19.5. The number of ether oxygens (including phenoxy) is 2. The molecule has 0 spiro atoms. The molecule has 0 aromatic heterocycles. The summed E-state index contributed by atoms with van der Waals surface area (Å²) < 4.78 is 37.2. The van der Waals surface area contributed by atoms with E-state index in [0.29, 0.717) is 72.2 Å². The maximum absolute atomic E-state index is 14.2. The molecule has 7 rings (SSSR count). The minimum absolute atomic E-state index is 0.0921. The van der Waals surface area contributed by atoms with Gasteiger partial charge in [-0.15, -0.1) is 0 Å². The summed E-state index contributed by atoms with van der Waals surface area (Å²) in [6.45, 7) is 3.75. The Bertz CT molecular complexity index is 2250. The average Bonchev–Trinajstić information content (AvgIpc) is 3.96. The van der Waals surface area contributed by atoms with E-state index in [1.54, 1.807) is 30.3 Å². The fourth-order valence-corrected chi connectivity index (χ4v) is 11.4. The number of benzene rings is 3. The molecule has 0 radical (unpaired) electrons. The predicted octanol–water partition coefficient (Wildman–Crippen LogP) is 7.83. The molecular formula is C48H60N4O8S. The number of hydrogen-bond donors (Lipinski definition) is 2. The molecule has 4 aliphatic rings. The van der Waals surface area contributed by atoms with Crippen LogP contribution >= 0.6 is 0 Å². The molecule has 3 atom stereocenters. The van der Waals surface area contributed by atoms with Gasteiger partial charge in [-0.2, -0.15) is 0 Å². The van der Waals surface area contributed by atoms with E-state index in [4.69, 9.17) is 14.9 Å². The van der Waals surface area contributed by atoms with Crippen LogP contribution in [0.15, 0.2) is 60.7 Å². The van der Waals surface area contributed by atoms with Crippen LogP contribution in [0.3, 0.4) is 0 Å². The van der Waals surface area contributed by atoms with Crippen molar-refractivity contribution in [1.29, 1.82) is 5.41 Å². The summed E-state index contributed by atoms with van der Waals surface area (Å²) in [7, 11) is -2.09. The van der Waals surface area contributed by atoms with E-state index >= 15 is 0 Å². The number of unbranched alkanes of at least 4 members (excludes halogenated alkanes) is 7. The van der Waals surface area contributed by atoms with Gasteiger partial charge in [0, 0.05) is 32.2 Å². The normalized spacial score (nSPS) is 21.7. The lowest BCUT2D eigenvalue weighted by Crippen LogP contribution is -2.43. The van der Waals surface area contributed by atoms with Crippen LogP contribution in [0.4, 0.5) is 0 Å². The smallest absolute Gasteiger partial charge is 0.262 e. The number of methoxy groups -OCH3 is 1. The summed E-state index contributed by atoms with van der Waals surface area (Å²) in [5, 5.41) is 9.43. The van der Waals surface area contributed by atoms with Gasteiger partial charge >= 0.3 is 0 Å². The van der Waals surface area contributed by atoms with Crippen LogP contribution in [0.2, 0.25) is 0 Å². The summed E-state index contributed by atoms with van der Waals surface area (Å²) in [5.74, 6) is 0.659. The van der Waals surface area contributed by atoms with E-state index in [9.17, 15) is 27.6 Å². The van der Waals surface area contributed by atoms with E-state index in [2.05, 4.69) is 29.6 Å². The Morgan fingerprint density at radius 2 is 1.52 bits per heavy atom. The first kappa shape index (κ1) is 44.0. The molecule has 2 saturated heterocycles. The molecule has 3 unspecified atom stereocenters. The Hall–Kier alpha value is -5.04. The lowest BCUT2D eigenvalue weighted by molar-refractivity contribution is -0.132. The van der Waals surface area contributed by atoms with Crippen molar-refractivity contribution >= 4 is 39.3 Å². The van der Waals surface area contributed by atoms with Gasteiger partial charge in [0.15, 0.2) is 21.3 Å². The molecular weight excluding hydrogens is 793 g/mol. The van der Waals surface area contributed by atoms with Crippen LogP contribution in [0, 0.1) is 5.41 Å². The number of nitrogens with one attached hydrogen (secondary N) is 2. The van der Waals surface area contributed by atoms with Crippen LogP contribution in [-0.2, 0) is 31.4 Å². The van der Waals surface area contributed by atoms with Crippen molar-refractivity contribution in [1.82, 2.24) is 15.1 Å². The number of likely N-dealkylation sites (tertiary alicyclic amines) is 1. The maximum Gasteiger partial charge on any atom is 0.262 e. The number of aryl methyl sites for hydroxylation is 1. The standard InChI is InChI=1S/C48H60N4O8S/c1-4-60-40-30-36(22-24-39(40)59-2)48(31-41(48)61(3,57)58)52-46(55)38-16-13-15-35(44(38)47(52)56)14-11-9-7-5-6-8-10-12-17-43(53)51-28-26-33(27-29-51)32-18-20-34(21-19-32)37-23-25-42(49)50-45(37)54/h13,15-16,18-22,24,30,33,37,41H,4-12,14,17,23,25-29,31H2,1-3H3,(H2,49,50,54). The fraction of sp³-hybridized carbons (Fsp3) is 0.521. The van der Waals surface area contributed by atoms with Crippen molar-refractivity contribution in [3.05, 3.63) is 94.0 Å². The predicted molar refractivity (Wildman–Crippen MR) is 234 cm³/mol. The first-order chi connectivity index (χ1) is 29.4. The zero-order valence-electron chi connectivity index (χ0n) is 35.8. The summed E-state index contributed by atoms with van der Waals surface area (Å²) in [6, 6.07) is 18.8. The number of imide groups is 1. The van der Waals surface area contributed by atoms with Crippen molar-refractivity contribution in [3.8, 4) is 11.5 Å². The highest BCUT2D eigenvalue weighted by Gasteiger charge is 2.69. The van der Waals surface area contributed by atoms with Gasteiger partial charge in [-0.25, -0.2) is 8.42 Å². The number of hydrogen-bond acceptors (Lipinski definition) is 9. The molecule has 2 N–H and O–H groups in total. The van der Waals surface area contributed by atoms with E-state index < -0.39 is 32.4 Å². The minimum atomic E-state index is -3.61. The summed E-state index contributed by atoms with van der Waals surface area (Å²) >= 11 is 0. The Balaban J connectivity index is 0.815. The quantitative estimate of drug-likeness (QED) is 0.0911. The Morgan fingerprint density at radius 3 is 2.16 bits per heavy atom. The number of amidine groups is 1. The molecule has 1 aliphatic carbocycles. The molecule has 61 heavy (non-hydrogen) atoms. The third-order valence-corrected chi connectivity index (χ3v) is 14.9. The summed E-state index contributed by atoms with van der Waals surface area (Å²) in [6.07, 6.45) is 13.8. The SMILES string of the molecule is CCOc1cc(C2(N3C(=O)c4cccc(CCCCCCCCCCC(=O)N5CCC(c6ccc(C7CCC(=N)NC7=O)cc6)CC5)c4C3=O)CC2S(C)(=O)=O)ccc1OC. The molecule has 12 nitrogen and oxygen atoms in total. The van der Waals surface area contributed by atoms with Crippen LogP contribution in [-0.4, -0.2) is 86.0 Å². The van der Waals surface area contributed by atoms with Crippen LogP contribution in [0.5, 0.6) is 11.5 Å². The first-order valence-electron chi connectivity index (χ1n) is 22.1. The van der Waals surface area contributed by atoms with Crippen LogP contribution in [0.1, 0.15) is 152 Å². The molecule has 13 heteroatoms. The van der Waals surface area contributed by atoms with E-state index in [1.807, 2.05) is 17.9 Å². The maximum atomic E-state index is 14.2. The molecule has 1 saturated carbocycles. The number of carbonyl (C=O) groups is 4. The van der Waals surface area contributed by atoms with E-state index in [1.165, 1.54) is 17.6 Å². The molecule has 326 valence electrons. The van der Waals surface area contributed by atoms with Gasteiger partial charge in [-0.3, -0.25) is 29.5 Å². The number of sulfone groups is 1. The Morgan fingerprint density at radius 1 is 0.852 bits per heavy atom. The monoisotopic (exact) mass is 852 g/mol. The minimum Gasteiger partial charge on any atom is -0.493 e. The van der Waals surface area contributed by atoms with Gasteiger partial charge in [-0.05, 0) is 98.2 Å². The molecule has 0 bridgehead atoms. The summed E-state index contributed by atoms with van der Waals surface area (Å²) in [4.78, 5) is 56.8. The molecule has 3 fully saturated rings. The fourth-order valence-electron chi connectivity index (χ4n) is 9.85. The highest BCUT2D eigenvalue weighted by molar-refractivity contribution is 7.91. The number of nitrogens with zero attached hydrogens (tertiary/aromatic N) is 2. The van der Waals surface area contributed by atoms with Crippen molar-refractivity contribution in [3.63, 3.8) is 0 Å².